The number of carbonyl (C=O) groups is 1. The Bertz CT molecular complexity index is 1610. The molecule has 0 N–H and O–H groups in total. The van der Waals surface area contributed by atoms with E-state index in [1.54, 1.807) is 4.47 Å². The molecule has 0 aliphatic heterocycles. The first kappa shape index (κ1) is 32.8. The zero-order valence-electron chi connectivity index (χ0n) is 26.5. The van der Waals surface area contributed by atoms with E-state index in [2.05, 4.69) is 170 Å². The van der Waals surface area contributed by atoms with E-state index < -0.39 is 14.5 Å². The van der Waals surface area contributed by atoms with E-state index >= 15 is 4.79 Å². The van der Waals surface area contributed by atoms with Crippen molar-refractivity contribution in [3.05, 3.63) is 205 Å². The van der Waals surface area contributed by atoms with Crippen LogP contribution in [0.3, 0.4) is 0 Å². The van der Waals surface area contributed by atoms with E-state index in [1.165, 1.54) is 6.42 Å². The molecule has 0 unspecified atom stereocenters. The molecule has 1 aliphatic rings. The van der Waals surface area contributed by atoms with Gasteiger partial charge in [0.05, 0.1) is 0 Å². The Balaban J connectivity index is 0.000000491. The second kappa shape index (κ2) is 15.6. The van der Waals surface area contributed by atoms with Gasteiger partial charge in [-0.1, -0.05) is 0 Å². The van der Waals surface area contributed by atoms with Crippen LogP contribution >= 0.6 is 14.5 Å². The molecule has 4 heteroatoms. The van der Waals surface area contributed by atoms with Crippen molar-refractivity contribution in [1.29, 1.82) is 0 Å². The zero-order valence-corrected chi connectivity index (χ0v) is 29.7. The maximum absolute atomic E-state index is 16.4. The molecule has 0 fully saturated rings. The van der Waals surface area contributed by atoms with Crippen molar-refractivity contribution in [3.8, 4) is 0 Å². The van der Waals surface area contributed by atoms with Gasteiger partial charge in [0, 0.05) is 0 Å². The van der Waals surface area contributed by atoms with Crippen molar-refractivity contribution in [3.63, 3.8) is 0 Å². The molecule has 0 bridgehead atoms. The van der Waals surface area contributed by atoms with Crippen LogP contribution in [0.15, 0.2) is 205 Å². The molecule has 1 aliphatic carbocycles. The molecule has 6 aromatic rings. The average molecular weight is 690 g/mol. The monoisotopic (exact) mass is 689 g/mol. The van der Waals surface area contributed by atoms with E-state index in [-0.39, 0.29) is 0 Å². The average Bonchev–Trinajstić information content (AvgIpc) is 3.70. The summed E-state index contributed by atoms with van der Waals surface area (Å²) in [6.45, 7) is 0. The van der Waals surface area contributed by atoms with Crippen molar-refractivity contribution >= 4 is 51.6 Å². The minimum atomic E-state index is -3.29. The fraction of sp³-hybridized carbons (Fsp3) is 0.0465. The number of rotatable bonds is 9. The van der Waals surface area contributed by atoms with Gasteiger partial charge >= 0.3 is 288 Å². The summed E-state index contributed by atoms with van der Waals surface area (Å²) in [6, 6.07) is 63.2. The summed E-state index contributed by atoms with van der Waals surface area (Å²) in [4.78, 5) is 16.4. The molecule has 0 saturated carbocycles. The Morgan fingerprint density at radius 2 is 0.702 bits per heavy atom. The third-order valence-electron chi connectivity index (χ3n) is 8.89. The normalized spacial score (nSPS) is 13.2. The predicted octanol–water partition coefficient (Wildman–Crippen LogP) is 8.52. The molecule has 0 amide bonds. The summed E-state index contributed by atoms with van der Waals surface area (Å²) < 4.78 is 1.59. The van der Waals surface area contributed by atoms with E-state index in [9.17, 15) is 0 Å². The number of allylic oxidation sites excluding steroid dienone is 4. The number of carbonyl (C=O) groups excluding carboxylic acids is 1. The molecule has 6 aromatic carbocycles. The van der Waals surface area contributed by atoms with Gasteiger partial charge in [-0.15, -0.1) is 0 Å². The molecule has 235 valence electrons. The van der Waals surface area contributed by atoms with Gasteiger partial charge in [-0.25, -0.2) is 0 Å². The molecule has 0 radical (unpaired) electrons. The van der Waals surface area contributed by atoms with Crippen molar-refractivity contribution in [2.45, 2.75) is 12.2 Å². The van der Waals surface area contributed by atoms with Crippen LogP contribution in [0, 0.1) is 0 Å². The molecular formula is C43H40MnOP2. The van der Waals surface area contributed by atoms with Crippen molar-refractivity contribution in [2.75, 3.05) is 0 Å². The first-order valence-corrected chi connectivity index (χ1v) is 21.7. The van der Waals surface area contributed by atoms with Gasteiger partial charge in [0.15, 0.2) is 0 Å². The standard InChI is InChI=1S/C37H32OP2.C5H5.CH3.Mn/c38-37(39(31-19-7-1-8-20-31,32-21-9-2-10-22-32)33-23-11-3-12-24-33)40(34-25-13-4-14-26-34,35-27-15-5-16-28-35)36-29-17-6-18-30-36;1-2-4-5-3-1;;/h1-30,39-40H;1-3H,4H2;1H3;. The maximum atomic E-state index is 16.4. The van der Waals surface area contributed by atoms with Crippen molar-refractivity contribution in [1.82, 2.24) is 0 Å². The summed E-state index contributed by atoms with van der Waals surface area (Å²) in [5.74, 6) is 2.22. The van der Waals surface area contributed by atoms with E-state index in [1.807, 2.05) is 36.4 Å². The summed E-state index contributed by atoms with van der Waals surface area (Å²) in [5.41, 5.74) is 0. The molecule has 0 spiro atoms. The van der Waals surface area contributed by atoms with Crippen LogP contribution in [0.4, 0.5) is 4.79 Å². The molecule has 47 heavy (non-hydrogen) atoms. The van der Waals surface area contributed by atoms with E-state index in [4.69, 9.17) is 0 Å². The summed E-state index contributed by atoms with van der Waals surface area (Å²) in [7, 11) is -6.58. The first-order chi connectivity index (χ1) is 23.2. The Kier molecular flexibility index (Phi) is 10.9. The number of hydrogen-bond acceptors (Lipinski definition) is 1. The fourth-order valence-electron chi connectivity index (χ4n) is 6.76. The molecule has 0 saturated heterocycles. The zero-order chi connectivity index (χ0) is 32.4. The topological polar surface area (TPSA) is 17.1 Å². The van der Waals surface area contributed by atoms with Gasteiger partial charge in [-0.2, -0.15) is 0 Å². The summed E-state index contributed by atoms with van der Waals surface area (Å²) in [6.07, 6.45) is 7.75. The van der Waals surface area contributed by atoms with Crippen molar-refractivity contribution < 1.29 is 19.8 Å². The Morgan fingerprint density at radius 3 is 0.872 bits per heavy atom. The first-order valence-electron chi connectivity index (χ1n) is 16.0. The molecule has 0 atom stereocenters. The van der Waals surface area contributed by atoms with Crippen LogP contribution in [0.5, 0.6) is 0 Å². The third-order valence-corrected chi connectivity index (χ3v) is 20.9. The van der Waals surface area contributed by atoms with Crippen LogP contribution in [-0.2, 0) is 15.0 Å². The van der Waals surface area contributed by atoms with E-state index in [0.717, 1.165) is 46.8 Å². The number of benzene rings is 6. The van der Waals surface area contributed by atoms with Crippen LogP contribution in [0.25, 0.3) is 0 Å². The molecule has 0 heterocycles. The fourth-order valence-corrected chi connectivity index (χ4v) is 20.0. The van der Waals surface area contributed by atoms with Crippen LogP contribution < -0.4 is 31.8 Å². The summed E-state index contributed by atoms with van der Waals surface area (Å²) >= 11 is 0.984. The van der Waals surface area contributed by atoms with Crippen LogP contribution in [0.1, 0.15) is 6.42 Å². The van der Waals surface area contributed by atoms with Gasteiger partial charge in [0.25, 0.3) is 0 Å². The quantitative estimate of drug-likeness (QED) is 0.110. The van der Waals surface area contributed by atoms with Crippen LogP contribution in [0.2, 0.25) is 5.82 Å². The Morgan fingerprint density at radius 1 is 0.447 bits per heavy atom. The van der Waals surface area contributed by atoms with Gasteiger partial charge in [-0.3, -0.25) is 0 Å². The molecule has 1 nitrogen and oxygen atoms in total. The minimum absolute atomic E-state index is 0.354. The van der Waals surface area contributed by atoms with Gasteiger partial charge in [-0.05, 0) is 0 Å². The summed E-state index contributed by atoms with van der Waals surface area (Å²) in [5, 5.41) is 7.00. The van der Waals surface area contributed by atoms with Crippen LogP contribution in [-0.4, -0.2) is 5.27 Å². The molecular weight excluding hydrogens is 649 g/mol. The molecule has 7 rings (SSSR count). The van der Waals surface area contributed by atoms with Gasteiger partial charge in [0.2, 0.25) is 0 Å². The predicted molar refractivity (Wildman–Crippen MR) is 206 cm³/mol. The van der Waals surface area contributed by atoms with Gasteiger partial charge < -0.3 is 0 Å². The third kappa shape index (κ3) is 6.53. The molecule has 0 aromatic heterocycles. The SMILES string of the molecule is O=C([PH](c1ccccc1)(c1ccccc1)c1ccccc1)[PH](c1ccccc1)(c1ccccc1)c1ccccc1.[CH3][Mn][C]1=CC=CC1. The van der Waals surface area contributed by atoms with E-state index in [0.29, 0.717) is 5.27 Å². The Hall–Kier alpha value is -4.15. The van der Waals surface area contributed by atoms with Crippen molar-refractivity contribution in [2.24, 2.45) is 0 Å². The second-order valence-corrected chi connectivity index (χ2v) is 20.7. The Labute approximate surface area is 287 Å². The second-order valence-electron chi connectivity index (χ2n) is 11.5. The number of hydrogen-bond donors (Lipinski definition) is 0. The van der Waals surface area contributed by atoms with Gasteiger partial charge in [0.1, 0.15) is 0 Å².